The van der Waals surface area contributed by atoms with Gasteiger partial charge in [0.15, 0.2) is 0 Å². The summed E-state index contributed by atoms with van der Waals surface area (Å²) in [6.07, 6.45) is 3.01. The molecule has 0 N–H and O–H groups in total. The monoisotopic (exact) mass is 612 g/mol. The second kappa shape index (κ2) is 13.3. The molecule has 0 unspecified atom stereocenters. The van der Waals surface area contributed by atoms with Gasteiger partial charge >= 0.3 is 5.97 Å². The summed E-state index contributed by atoms with van der Waals surface area (Å²) in [7, 11) is 0. The molecule has 0 amide bonds. The Balaban J connectivity index is 1.71. The van der Waals surface area contributed by atoms with E-state index in [2.05, 4.69) is 52.0 Å². The van der Waals surface area contributed by atoms with Crippen LogP contribution in [-0.4, -0.2) is 5.97 Å². The van der Waals surface area contributed by atoms with Crippen molar-refractivity contribution >= 4 is 28.3 Å². The van der Waals surface area contributed by atoms with Crippen LogP contribution < -0.4 is 9.47 Å². The highest BCUT2D eigenvalue weighted by atomic mass is 35.5. The quantitative estimate of drug-likeness (QED) is 0.129. The molecule has 0 radical (unpaired) electrons. The lowest BCUT2D eigenvalue weighted by Crippen LogP contribution is -2.14. The summed E-state index contributed by atoms with van der Waals surface area (Å²) in [5.74, 6) is 0.953. The number of aryl methyl sites for hydroxylation is 1. The van der Waals surface area contributed by atoms with Crippen LogP contribution in [0.15, 0.2) is 91.0 Å². The Kier molecular flexibility index (Phi) is 9.24. The van der Waals surface area contributed by atoms with Gasteiger partial charge in [-0.3, -0.25) is 0 Å². The summed E-state index contributed by atoms with van der Waals surface area (Å²) in [6.45, 7) is 8.31. The Labute approximate surface area is 269 Å². The smallest absolute Gasteiger partial charge is 0.343 e. The maximum Gasteiger partial charge on any atom is 0.343 e. The highest BCUT2D eigenvalue weighted by Crippen LogP contribution is 2.49. The van der Waals surface area contributed by atoms with Gasteiger partial charge in [0.1, 0.15) is 29.4 Å². The maximum absolute atomic E-state index is 12.8. The van der Waals surface area contributed by atoms with E-state index in [1.807, 2.05) is 24.3 Å². The first-order valence-electron chi connectivity index (χ1n) is 14.9. The number of para-hydroxylation sites is 1. The van der Waals surface area contributed by atoms with E-state index in [-0.39, 0.29) is 11.1 Å². The summed E-state index contributed by atoms with van der Waals surface area (Å²) in [5.41, 5.74) is 3.85. The Morgan fingerprint density at radius 1 is 0.867 bits per heavy atom. The minimum atomic E-state index is -0.482. The number of esters is 1. The van der Waals surface area contributed by atoms with Crippen LogP contribution in [-0.2, 0) is 11.8 Å². The van der Waals surface area contributed by atoms with Crippen molar-refractivity contribution in [2.75, 3.05) is 0 Å². The average molecular weight is 613 g/mol. The number of benzene rings is 5. The summed E-state index contributed by atoms with van der Waals surface area (Å²) in [5, 5.41) is 22.3. The predicted molar refractivity (Wildman–Crippen MR) is 179 cm³/mol. The third kappa shape index (κ3) is 6.70. The van der Waals surface area contributed by atoms with Gasteiger partial charge < -0.3 is 9.47 Å². The number of rotatable bonds is 8. The molecule has 5 rings (SSSR count). The predicted octanol–water partition coefficient (Wildman–Crippen LogP) is 10.6. The van der Waals surface area contributed by atoms with Gasteiger partial charge in [-0.1, -0.05) is 88.2 Å². The molecule has 6 heteroatoms. The van der Waals surface area contributed by atoms with E-state index in [1.165, 1.54) is 0 Å². The number of ether oxygens (including phenoxy) is 2. The zero-order chi connectivity index (χ0) is 32.1. The number of fused-ring (bicyclic) bond motifs is 1. The van der Waals surface area contributed by atoms with Crippen molar-refractivity contribution < 1.29 is 14.3 Å². The standard InChI is InChI=1S/C39H33ClN2O3/c1-5-6-11-25-12-10-13-27(20-25)34-32(24-42)29(23-41)21-28-22-33(40)36(39(2,3)4)37(35(28)34)44-31-18-16-26(17-19-31)38(43)45-30-14-8-7-9-15-30/h7-10,12-22H,5-6,11H2,1-4H3. The van der Waals surface area contributed by atoms with Gasteiger partial charge in [0.2, 0.25) is 0 Å². The molecule has 0 aliphatic heterocycles. The molecule has 0 saturated heterocycles. The summed E-state index contributed by atoms with van der Waals surface area (Å²) in [6, 6.07) is 31.8. The van der Waals surface area contributed by atoms with E-state index < -0.39 is 11.4 Å². The molecule has 0 aliphatic rings. The molecule has 0 heterocycles. The van der Waals surface area contributed by atoms with Gasteiger partial charge in [-0.15, -0.1) is 0 Å². The van der Waals surface area contributed by atoms with Crippen LogP contribution in [0, 0.1) is 22.7 Å². The van der Waals surface area contributed by atoms with E-state index >= 15 is 0 Å². The van der Waals surface area contributed by atoms with Crippen molar-refractivity contribution in [2.45, 2.75) is 52.4 Å². The van der Waals surface area contributed by atoms with Crippen molar-refractivity contribution in [1.82, 2.24) is 0 Å². The topological polar surface area (TPSA) is 83.1 Å². The minimum absolute atomic E-state index is 0.269. The lowest BCUT2D eigenvalue weighted by Gasteiger charge is -2.27. The summed E-state index contributed by atoms with van der Waals surface area (Å²) in [4.78, 5) is 12.8. The van der Waals surface area contributed by atoms with Crippen molar-refractivity contribution in [3.8, 4) is 40.5 Å². The number of halogens is 1. The van der Waals surface area contributed by atoms with Crippen molar-refractivity contribution in [1.29, 1.82) is 10.5 Å². The van der Waals surface area contributed by atoms with E-state index in [0.717, 1.165) is 36.0 Å². The van der Waals surface area contributed by atoms with Gasteiger partial charge in [-0.2, -0.15) is 10.5 Å². The largest absolute Gasteiger partial charge is 0.456 e. The van der Waals surface area contributed by atoms with Crippen LogP contribution >= 0.6 is 11.6 Å². The number of nitrogens with zero attached hydrogens (tertiary/aromatic N) is 2. The third-order valence-corrected chi connectivity index (χ3v) is 7.91. The number of nitriles is 2. The first-order chi connectivity index (χ1) is 21.6. The fourth-order valence-electron chi connectivity index (χ4n) is 5.49. The van der Waals surface area contributed by atoms with Crippen molar-refractivity contribution in [3.63, 3.8) is 0 Å². The summed E-state index contributed by atoms with van der Waals surface area (Å²) >= 11 is 6.96. The first-order valence-corrected chi connectivity index (χ1v) is 15.3. The molecular weight excluding hydrogens is 580 g/mol. The van der Waals surface area contributed by atoms with Crippen LogP contribution in [0.4, 0.5) is 0 Å². The Hall–Kier alpha value is -5.10. The van der Waals surface area contributed by atoms with Crippen molar-refractivity contribution in [3.05, 3.63) is 124 Å². The third-order valence-electron chi connectivity index (χ3n) is 7.61. The number of carbonyl (C=O) groups excluding carboxylic acids is 1. The molecule has 0 atom stereocenters. The zero-order valence-corrected chi connectivity index (χ0v) is 26.5. The number of carbonyl (C=O) groups is 1. The van der Waals surface area contributed by atoms with Crippen LogP contribution in [0.1, 0.15) is 73.1 Å². The van der Waals surface area contributed by atoms with E-state index in [9.17, 15) is 15.3 Å². The lowest BCUT2D eigenvalue weighted by atomic mass is 9.81. The van der Waals surface area contributed by atoms with Gasteiger partial charge in [-0.25, -0.2) is 4.79 Å². The highest BCUT2D eigenvalue weighted by Gasteiger charge is 2.29. The number of unbranched alkanes of at least 4 members (excludes halogenated alkanes) is 1. The van der Waals surface area contributed by atoms with Gasteiger partial charge in [-0.05, 0) is 83.3 Å². The van der Waals surface area contributed by atoms with Crippen LogP contribution in [0.3, 0.4) is 0 Å². The molecule has 5 nitrogen and oxygen atoms in total. The van der Waals surface area contributed by atoms with Gasteiger partial charge in [0.05, 0.1) is 16.7 Å². The molecule has 0 aromatic heterocycles. The molecule has 224 valence electrons. The van der Waals surface area contributed by atoms with Crippen LogP contribution in [0.5, 0.6) is 17.2 Å². The second-order valence-corrected chi connectivity index (χ2v) is 12.3. The zero-order valence-electron chi connectivity index (χ0n) is 25.8. The average Bonchev–Trinajstić information content (AvgIpc) is 3.03. The van der Waals surface area contributed by atoms with Crippen LogP contribution in [0.2, 0.25) is 5.02 Å². The second-order valence-electron chi connectivity index (χ2n) is 11.9. The lowest BCUT2D eigenvalue weighted by molar-refractivity contribution is 0.0734. The molecule has 0 fully saturated rings. The fourth-order valence-corrected chi connectivity index (χ4v) is 5.98. The normalized spacial score (nSPS) is 11.1. The van der Waals surface area contributed by atoms with Gasteiger partial charge in [0.25, 0.3) is 0 Å². The molecule has 0 saturated carbocycles. The minimum Gasteiger partial charge on any atom is -0.456 e. The molecular formula is C39H33ClN2O3. The molecule has 0 spiro atoms. The highest BCUT2D eigenvalue weighted by molar-refractivity contribution is 6.33. The van der Waals surface area contributed by atoms with E-state index in [0.29, 0.717) is 44.2 Å². The molecule has 0 aliphatic carbocycles. The molecule has 5 aromatic carbocycles. The fraction of sp³-hybridized carbons (Fsp3) is 0.205. The Bertz CT molecular complexity index is 1960. The molecule has 5 aromatic rings. The number of hydrogen-bond acceptors (Lipinski definition) is 5. The number of hydrogen-bond donors (Lipinski definition) is 0. The molecule has 0 bridgehead atoms. The van der Waals surface area contributed by atoms with Crippen molar-refractivity contribution in [2.24, 2.45) is 0 Å². The van der Waals surface area contributed by atoms with E-state index in [4.69, 9.17) is 21.1 Å². The molecule has 45 heavy (non-hydrogen) atoms. The maximum atomic E-state index is 12.8. The SMILES string of the molecule is CCCCc1cccc(-c2c(C#N)c(C#N)cc3cc(Cl)c(C(C)(C)C)c(Oc4ccc(C(=O)Oc5ccccc5)cc4)c23)c1. The van der Waals surface area contributed by atoms with Crippen LogP contribution in [0.25, 0.3) is 21.9 Å². The Morgan fingerprint density at radius 3 is 2.24 bits per heavy atom. The van der Waals surface area contributed by atoms with E-state index in [1.54, 1.807) is 54.6 Å². The first kappa shape index (κ1) is 31.3. The van der Waals surface area contributed by atoms with Gasteiger partial charge in [0, 0.05) is 21.5 Å². The Morgan fingerprint density at radius 2 is 1.60 bits per heavy atom. The summed E-state index contributed by atoms with van der Waals surface area (Å²) < 4.78 is 12.2.